The first-order chi connectivity index (χ1) is 6.18. The van der Waals surface area contributed by atoms with E-state index in [2.05, 4.69) is 30.7 Å². The molecule has 0 bridgehead atoms. The maximum atomic E-state index is 2.75. The number of nitrogens with zero attached hydrogens (tertiary/aromatic N) is 2. The predicted octanol–water partition coefficient (Wildman–Crippen LogP) is 1.56. The zero-order chi connectivity index (χ0) is 9.42. The van der Waals surface area contributed by atoms with Crippen molar-refractivity contribution in [3.8, 4) is 0 Å². The SMILES string of the molecule is CC(C)N(C1CC1)C1CCN(C)C1. The monoisotopic (exact) mass is 182 g/mol. The second kappa shape index (κ2) is 3.58. The number of rotatable bonds is 3. The fourth-order valence-electron chi connectivity index (χ4n) is 2.67. The molecule has 2 fully saturated rings. The highest BCUT2D eigenvalue weighted by atomic mass is 15.3. The van der Waals surface area contributed by atoms with Crippen LogP contribution in [-0.2, 0) is 0 Å². The number of likely N-dealkylation sites (N-methyl/N-ethyl adjacent to an activating group) is 1. The quantitative estimate of drug-likeness (QED) is 0.653. The summed E-state index contributed by atoms with van der Waals surface area (Å²) in [4.78, 5) is 5.21. The van der Waals surface area contributed by atoms with E-state index in [1.807, 2.05) is 0 Å². The summed E-state index contributed by atoms with van der Waals surface area (Å²) in [7, 11) is 2.24. The van der Waals surface area contributed by atoms with Gasteiger partial charge in [-0.1, -0.05) is 0 Å². The van der Waals surface area contributed by atoms with Crippen molar-refractivity contribution in [2.75, 3.05) is 20.1 Å². The van der Waals surface area contributed by atoms with Crippen LogP contribution in [0, 0.1) is 0 Å². The van der Waals surface area contributed by atoms with Gasteiger partial charge < -0.3 is 4.90 Å². The van der Waals surface area contributed by atoms with Crippen LogP contribution in [0.2, 0.25) is 0 Å². The summed E-state index contributed by atoms with van der Waals surface area (Å²) in [6, 6.07) is 2.51. The van der Waals surface area contributed by atoms with Crippen LogP contribution in [0.15, 0.2) is 0 Å². The Kier molecular flexibility index (Phi) is 2.61. The third kappa shape index (κ3) is 2.05. The number of hydrogen-bond donors (Lipinski definition) is 0. The first kappa shape index (κ1) is 9.47. The van der Waals surface area contributed by atoms with Gasteiger partial charge in [0.25, 0.3) is 0 Å². The van der Waals surface area contributed by atoms with Gasteiger partial charge in [0.2, 0.25) is 0 Å². The molecule has 1 saturated heterocycles. The Bertz CT molecular complexity index is 173. The summed E-state index contributed by atoms with van der Waals surface area (Å²) in [5.41, 5.74) is 0. The Morgan fingerprint density at radius 2 is 1.85 bits per heavy atom. The van der Waals surface area contributed by atoms with E-state index in [0.29, 0.717) is 0 Å². The molecule has 1 heterocycles. The third-order valence-electron chi connectivity index (χ3n) is 3.35. The lowest BCUT2D eigenvalue weighted by atomic mass is 10.1. The lowest BCUT2D eigenvalue weighted by Gasteiger charge is -2.32. The first-order valence-electron chi connectivity index (χ1n) is 5.64. The molecule has 2 nitrogen and oxygen atoms in total. The summed E-state index contributed by atoms with van der Waals surface area (Å²) in [5.74, 6) is 0. The van der Waals surface area contributed by atoms with Gasteiger partial charge in [0, 0.05) is 24.7 Å². The summed E-state index contributed by atoms with van der Waals surface area (Å²) < 4.78 is 0. The van der Waals surface area contributed by atoms with Crippen LogP contribution < -0.4 is 0 Å². The molecule has 0 aromatic rings. The molecule has 1 aliphatic heterocycles. The average molecular weight is 182 g/mol. The summed E-state index contributed by atoms with van der Waals surface area (Å²) in [6.45, 7) is 7.27. The molecule has 0 aromatic heterocycles. The van der Waals surface area contributed by atoms with E-state index in [1.54, 1.807) is 0 Å². The fourth-order valence-corrected chi connectivity index (χ4v) is 2.67. The predicted molar refractivity (Wildman–Crippen MR) is 55.9 cm³/mol. The Morgan fingerprint density at radius 1 is 1.15 bits per heavy atom. The van der Waals surface area contributed by atoms with Crippen LogP contribution in [0.25, 0.3) is 0 Å². The van der Waals surface area contributed by atoms with Crippen molar-refractivity contribution in [3.63, 3.8) is 0 Å². The van der Waals surface area contributed by atoms with Gasteiger partial charge in [-0.2, -0.15) is 0 Å². The Hall–Kier alpha value is -0.0800. The van der Waals surface area contributed by atoms with Crippen molar-refractivity contribution >= 4 is 0 Å². The Labute approximate surface area is 81.9 Å². The topological polar surface area (TPSA) is 6.48 Å². The van der Waals surface area contributed by atoms with Crippen LogP contribution in [0.5, 0.6) is 0 Å². The Morgan fingerprint density at radius 3 is 2.23 bits per heavy atom. The van der Waals surface area contributed by atoms with Crippen LogP contribution >= 0.6 is 0 Å². The van der Waals surface area contributed by atoms with Crippen molar-refractivity contribution in [1.82, 2.24) is 9.80 Å². The summed E-state index contributed by atoms with van der Waals surface area (Å²) in [5, 5.41) is 0. The maximum absolute atomic E-state index is 2.75. The fraction of sp³-hybridized carbons (Fsp3) is 1.00. The second-order valence-corrected chi connectivity index (χ2v) is 4.98. The zero-order valence-electron chi connectivity index (χ0n) is 9.16. The second-order valence-electron chi connectivity index (χ2n) is 4.98. The van der Waals surface area contributed by atoms with Gasteiger partial charge in [-0.3, -0.25) is 4.90 Å². The molecule has 0 radical (unpaired) electrons. The van der Waals surface area contributed by atoms with E-state index in [4.69, 9.17) is 0 Å². The van der Waals surface area contributed by atoms with Crippen LogP contribution in [-0.4, -0.2) is 48.1 Å². The van der Waals surface area contributed by atoms with Crippen molar-refractivity contribution in [2.24, 2.45) is 0 Å². The molecule has 2 heteroatoms. The van der Waals surface area contributed by atoms with Crippen molar-refractivity contribution < 1.29 is 0 Å². The highest BCUT2D eigenvalue weighted by Gasteiger charge is 2.37. The molecule has 13 heavy (non-hydrogen) atoms. The molecular weight excluding hydrogens is 160 g/mol. The summed E-state index contributed by atoms with van der Waals surface area (Å²) >= 11 is 0. The minimum Gasteiger partial charge on any atom is -0.305 e. The largest absolute Gasteiger partial charge is 0.305 e. The van der Waals surface area contributed by atoms with Gasteiger partial charge in [0.1, 0.15) is 0 Å². The first-order valence-corrected chi connectivity index (χ1v) is 5.64. The van der Waals surface area contributed by atoms with Crippen LogP contribution in [0.1, 0.15) is 33.1 Å². The zero-order valence-corrected chi connectivity index (χ0v) is 9.16. The molecule has 0 N–H and O–H groups in total. The molecule has 2 aliphatic rings. The van der Waals surface area contributed by atoms with E-state index in [9.17, 15) is 0 Å². The smallest absolute Gasteiger partial charge is 0.0240 e. The number of hydrogen-bond acceptors (Lipinski definition) is 2. The van der Waals surface area contributed by atoms with E-state index >= 15 is 0 Å². The number of likely N-dealkylation sites (tertiary alicyclic amines) is 1. The molecular formula is C11H22N2. The summed E-state index contributed by atoms with van der Waals surface area (Å²) in [6.07, 6.45) is 4.27. The van der Waals surface area contributed by atoms with Gasteiger partial charge in [-0.25, -0.2) is 0 Å². The lowest BCUT2D eigenvalue weighted by Crippen LogP contribution is -2.43. The molecule has 1 unspecified atom stereocenters. The van der Waals surface area contributed by atoms with E-state index < -0.39 is 0 Å². The van der Waals surface area contributed by atoms with E-state index in [1.165, 1.54) is 32.4 Å². The van der Waals surface area contributed by atoms with Crippen molar-refractivity contribution in [3.05, 3.63) is 0 Å². The van der Waals surface area contributed by atoms with Crippen molar-refractivity contribution in [1.29, 1.82) is 0 Å². The Balaban J connectivity index is 1.94. The maximum Gasteiger partial charge on any atom is 0.0240 e. The van der Waals surface area contributed by atoms with Gasteiger partial charge in [0.05, 0.1) is 0 Å². The normalized spacial score (nSPS) is 30.7. The van der Waals surface area contributed by atoms with E-state index in [-0.39, 0.29) is 0 Å². The van der Waals surface area contributed by atoms with Crippen molar-refractivity contribution in [2.45, 2.75) is 51.2 Å². The minimum atomic E-state index is 0.740. The molecule has 76 valence electrons. The molecule has 0 spiro atoms. The van der Waals surface area contributed by atoms with Crippen LogP contribution in [0.3, 0.4) is 0 Å². The molecule has 1 atom stereocenters. The molecule has 0 aromatic carbocycles. The highest BCUT2D eigenvalue weighted by molar-refractivity contribution is 4.93. The average Bonchev–Trinajstić information content (AvgIpc) is 2.76. The minimum absolute atomic E-state index is 0.740. The highest BCUT2D eigenvalue weighted by Crippen LogP contribution is 2.32. The van der Waals surface area contributed by atoms with Gasteiger partial charge in [-0.15, -0.1) is 0 Å². The molecule has 2 rings (SSSR count). The molecule has 1 saturated carbocycles. The lowest BCUT2D eigenvalue weighted by molar-refractivity contribution is 0.146. The third-order valence-corrected chi connectivity index (χ3v) is 3.35. The van der Waals surface area contributed by atoms with Gasteiger partial charge in [0.15, 0.2) is 0 Å². The van der Waals surface area contributed by atoms with Crippen LogP contribution in [0.4, 0.5) is 0 Å². The molecule has 1 aliphatic carbocycles. The van der Waals surface area contributed by atoms with Gasteiger partial charge in [-0.05, 0) is 46.7 Å². The van der Waals surface area contributed by atoms with E-state index in [0.717, 1.165) is 18.1 Å². The van der Waals surface area contributed by atoms with Gasteiger partial charge >= 0.3 is 0 Å². The standard InChI is InChI=1S/C11H22N2/c1-9(2)13(10-4-5-10)11-6-7-12(3)8-11/h9-11H,4-8H2,1-3H3. The molecule has 0 amide bonds.